The van der Waals surface area contributed by atoms with E-state index in [1.54, 1.807) is 24.3 Å². The molecule has 2 aromatic rings. The Kier molecular flexibility index (Phi) is 5.80. The van der Waals surface area contributed by atoms with Crippen molar-refractivity contribution in [3.63, 3.8) is 0 Å². The Morgan fingerprint density at radius 3 is 2.26 bits per heavy atom. The Balaban J connectivity index is 2.06. The van der Waals surface area contributed by atoms with Gasteiger partial charge in [0.05, 0.1) is 0 Å². The molecule has 0 saturated heterocycles. The molecule has 2 aromatic carbocycles. The second-order valence-electron chi connectivity index (χ2n) is 4.85. The van der Waals surface area contributed by atoms with E-state index in [0.717, 1.165) is 11.8 Å². The maximum atomic E-state index is 12.0. The van der Waals surface area contributed by atoms with Crippen LogP contribution < -0.4 is 10.6 Å². The van der Waals surface area contributed by atoms with Crippen molar-refractivity contribution in [3.8, 4) is 0 Å². The monoisotopic (exact) mass is 308 g/mol. The lowest BCUT2D eigenvalue weighted by molar-refractivity contribution is -0.117. The summed E-state index contributed by atoms with van der Waals surface area (Å²) in [5.41, 5.74) is 10.0. The number of ketones is 1. The molecule has 0 heterocycles. The smallest absolute Gasteiger partial charge is 0.325 e. The molecule has 0 aliphatic rings. The first-order valence-electron chi connectivity index (χ1n) is 7.07. The second kappa shape index (κ2) is 8.26. The lowest BCUT2D eigenvalue weighted by atomic mass is 10.0. The summed E-state index contributed by atoms with van der Waals surface area (Å²) in [6, 6.07) is 16.8. The lowest BCUT2D eigenvalue weighted by Gasteiger charge is -2.15. The topological polar surface area (TPSA) is 94.6 Å². The van der Waals surface area contributed by atoms with Crippen molar-refractivity contribution in [1.29, 1.82) is 0 Å². The summed E-state index contributed by atoms with van der Waals surface area (Å²) in [5, 5.41) is 5.24. The van der Waals surface area contributed by atoms with Crippen molar-refractivity contribution in [3.05, 3.63) is 71.8 Å². The van der Waals surface area contributed by atoms with E-state index in [1.165, 1.54) is 0 Å². The van der Waals surface area contributed by atoms with Crippen molar-refractivity contribution in [2.75, 3.05) is 5.32 Å². The molecular weight excluding hydrogens is 292 g/mol. The van der Waals surface area contributed by atoms with Crippen LogP contribution in [0.3, 0.4) is 0 Å². The molecule has 0 aromatic heterocycles. The van der Waals surface area contributed by atoms with Crippen LogP contribution in [0.2, 0.25) is 0 Å². The zero-order valence-electron chi connectivity index (χ0n) is 12.3. The van der Waals surface area contributed by atoms with Crippen LogP contribution in [0.15, 0.2) is 60.7 Å². The number of hydrogen-bond donors (Lipinski definition) is 2. The molecule has 2 amide bonds. The van der Waals surface area contributed by atoms with E-state index >= 15 is 0 Å². The molecule has 2 N–H and O–H groups in total. The van der Waals surface area contributed by atoms with Crippen LogP contribution in [0.1, 0.15) is 5.56 Å². The number of benzene rings is 2. The van der Waals surface area contributed by atoms with Gasteiger partial charge in [-0.25, -0.2) is 4.79 Å². The molecule has 0 aliphatic carbocycles. The number of nitrogens with zero attached hydrogens (tertiary/aromatic N) is 2. The molecule has 6 heteroatoms. The van der Waals surface area contributed by atoms with Crippen molar-refractivity contribution in [1.82, 2.24) is 5.32 Å². The number of rotatable bonds is 6. The number of Topliss-reactive ketones (excluding diaryl/α,β-unsaturated/α-hetero) is 1. The van der Waals surface area contributed by atoms with Gasteiger partial charge >= 0.3 is 12.2 Å². The van der Waals surface area contributed by atoms with Gasteiger partial charge in [-0.2, -0.15) is 4.79 Å². The fraction of sp³-hybridized carbons (Fsp3) is 0.118. The molecule has 0 fully saturated rings. The largest absolute Gasteiger partial charge is 0.361 e. The fourth-order valence-corrected chi connectivity index (χ4v) is 2.07. The van der Waals surface area contributed by atoms with E-state index in [0.29, 0.717) is 12.1 Å². The average molecular weight is 308 g/mol. The lowest BCUT2D eigenvalue weighted by Crippen LogP contribution is -2.45. The highest BCUT2D eigenvalue weighted by atomic mass is 16.2. The quantitative estimate of drug-likeness (QED) is 0.486. The Labute approximate surface area is 133 Å². The number of amides is 2. The zero-order valence-corrected chi connectivity index (χ0v) is 12.3. The molecule has 0 bridgehead atoms. The summed E-state index contributed by atoms with van der Waals surface area (Å²) < 4.78 is 0. The number of anilines is 1. The molecule has 0 saturated carbocycles. The highest BCUT2D eigenvalue weighted by Gasteiger charge is 2.22. The van der Waals surface area contributed by atoms with Gasteiger partial charge in [-0.3, -0.25) is 4.79 Å². The van der Waals surface area contributed by atoms with Gasteiger partial charge in [0.1, 0.15) is 6.04 Å². The Bertz CT molecular complexity index is 710. The van der Waals surface area contributed by atoms with Crippen molar-refractivity contribution >= 4 is 23.7 Å². The molecule has 1 atom stereocenters. The highest BCUT2D eigenvalue weighted by molar-refractivity contribution is 6.28. The predicted molar refractivity (Wildman–Crippen MR) is 87.2 cm³/mol. The van der Waals surface area contributed by atoms with Crippen molar-refractivity contribution < 1.29 is 14.4 Å². The maximum absolute atomic E-state index is 12.0. The molecule has 0 aliphatic heterocycles. The minimum atomic E-state index is -0.822. The average Bonchev–Trinajstić information content (AvgIpc) is 2.56. The normalized spacial score (nSPS) is 11.0. The van der Waals surface area contributed by atoms with Gasteiger partial charge < -0.3 is 16.2 Å². The van der Waals surface area contributed by atoms with E-state index in [-0.39, 0.29) is 0 Å². The van der Waals surface area contributed by atoms with Gasteiger partial charge in [0, 0.05) is 12.1 Å². The van der Waals surface area contributed by atoms with E-state index in [2.05, 4.69) is 15.4 Å². The third kappa shape index (κ3) is 5.22. The number of nitrogens with one attached hydrogen (secondary N) is 2. The first-order valence-corrected chi connectivity index (χ1v) is 7.07. The molecule has 0 spiro atoms. The minimum absolute atomic E-state index is 0.300. The van der Waals surface area contributed by atoms with Gasteiger partial charge in [-0.1, -0.05) is 48.5 Å². The van der Waals surface area contributed by atoms with Gasteiger partial charge in [0.15, 0.2) is 0 Å². The zero-order chi connectivity index (χ0) is 16.5. The van der Waals surface area contributed by atoms with Gasteiger partial charge in [0.25, 0.3) is 5.78 Å². The second-order valence-corrected chi connectivity index (χ2v) is 4.85. The Morgan fingerprint density at radius 2 is 1.65 bits per heavy atom. The number of urea groups is 1. The fourth-order valence-electron chi connectivity index (χ4n) is 2.07. The molecule has 116 valence electrons. The molecule has 0 unspecified atom stereocenters. The number of carbonyl (C=O) groups is 2. The highest BCUT2D eigenvalue weighted by Crippen LogP contribution is 2.06. The minimum Gasteiger partial charge on any atom is -0.361 e. The van der Waals surface area contributed by atoms with Crippen LogP contribution in [-0.4, -0.2) is 28.9 Å². The number of para-hydroxylation sites is 1. The van der Waals surface area contributed by atoms with Crippen LogP contribution in [0.4, 0.5) is 10.5 Å². The Hall–Kier alpha value is -3.24. The van der Waals surface area contributed by atoms with Gasteiger partial charge in [-0.05, 0) is 17.7 Å². The molecule has 2 rings (SSSR count). The van der Waals surface area contributed by atoms with E-state index in [4.69, 9.17) is 5.53 Å². The van der Waals surface area contributed by atoms with E-state index in [1.807, 2.05) is 36.4 Å². The predicted octanol–water partition coefficient (Wildman–Crippen LogP) is 2.29. The first kappa shape index (κ1) is 16.1. The molecule has 0 radical (unpaired) electrons. The van der Waals surface area contributed by atoms with Gasteiger partial charge in [0.2, 0.25) is 0 Å². The summed E-state index contributed by atoms with van der Waals surface area (Å²) in [5.74, 6) is -0.487. The van der Waals surface area contributed by atoms with Crippen LogP contribution in [0.5, 0.6) is 0 Å². The van der Waals surface area contributed by atoms with Gasteiger partial charge in [-0.15, -0.1) is 0 Å². The van der Waals surface area contributed by atoms with Crippen molar-refractivity contribution in [2.45, 2.75) is 12.5 Å². The summed E-state index contributed by atoms with van der Waals surface area (Å²) in [6.07, 6.45) is 1.09. The first-order chi connectivity index (χ1) is 11.2. The molecular formula is C17H16N4O2. The van der Waals surface area contributed by atoms with Crippen LogP contribution in [0.25, 0.3) is 5.53 Å². The molecule has 6 nitrogen and oxygen atoms in total. The van der Waals surface area contributed by atoms with E-state index < -0.39 is 17.9 Å². The van der Waals surface area contributed by atoms with Crippen LogP contribution in [-0.2, 0) is 11.2 Å². The summed E-state index contributed by atoms with van der Waals surface area (Å²) in [4.78, 5) is 26.8. The van der Waals surface area contributed by atoms with Crippen LogP contribution in [0, 0.1) is 0 Å². The number of hydrogen-bond acceptors (Lipinski definition) is 2. The van der Waals surface area contributed by atoms with Crippen molar-refractivity contribution in [2.24, 2.45) is 0 Å². The standard InChI is InChI=1S/C17H16N4O2/c18-19-12-16(22)15(11-13-7-3-1-4-8-13)21-17(23)20-14-9-5-2-6-10-14/h1-10,12,15H,11H2,(H2,20,21,23)/t15-/m0/s1. The third-order valence-electron chi connectivity index (χ3n) is 3.15. The summed E-state index contributed by atoms with van der Waals surface area (Å²) in [6.45, 7) is 0. The summed E-state index contributed by atoms with van der Waals surface area (Å²) in [7, 11) is 0. The maximum Gasteiger partial charge on any atom is 0.325 e. The third-order valence-corrected chi connectivity index (χ3v) is 3.15. The number of carbonyl (C=O) groups excluding carboxylic acids is 2. The summed E-state index contributed by atoms with van der Waals surface area (Å²) >= 11 is 0. The van der Waals surface area contributed by atoms with E-state index in [9.17, 15) is 9.59 Å². The molecule has 23 heavy (non-hydrogen) atoms. The van der Waals surface area contributed by atoms with Crippen LogP contribution >= 0.6 is 0 Å². The SMILES string of the molecule is [N-]=[N+]=CC(=O)[C@H](Cc1ccccc1)NC(=O)Nc1ccccc1. The Morgan fingerprint density at radius 1 is 1.04 bits per heavy atom.